The molecular weight excluding hydrogens is 434 g/mol. The van der Waals surface area contributed by atoms with E-state index in [9.17, 15) is 0 Å². The summed E-state index contributed by atoms with van der Waals surface area (Å²) in [5.74, 6) is 0. The number of epoxide rings is 2. The van der Waals surface area contributed by atoms with Gasteiger partial charge < -0.3 is 0 Å². The fourth-order valence-corrected chi connectivity index (χ4v) is 8.15. The second kappa shape index (κ2) is 7.92. The molecule has 2 atom stereocenters. The Morgan fingerprint density at radius 2 is 1.08 bits per heavy atom. The molecular formula is C18H20N2O2Se2. The van der Waals surface area contributed by atoms with Crippen molar-refractivity contribution >= 4 is 46.6 Å². The standard InChI is InChI=1S/C18H20N2O2Se2/c1-5-17(6-2-13(1)19-9-15-11-21-15)23-24-18-7-3-14(4-8-18)20-10-16-12-22-16/h1-8,15-16,19-20H,9-12H2. The molecule has 0 aliphatic carbocycles. The van der Waals surface area contributed by atoms with Crippen LogP contribution in [0.25, 0.3) is 0 Å². The fourth-order valence-electron chi connectivity index (χ4n) is 2.19. The van der Waals surface area contributed by atoms with E-state index in [1.54, 1.807) is 0 Å². The second-order valence-electron chi connectivity index (χ2n) is 5.89. The Balaban J connectivity index is 1.23. The molecule has 6 heteroatoms. The van der Waals surface area contributed by atoms with Crippen molar-refractivity contribution in [1.82, 2.24) is 0 Å². The molecule has 2 aromatic rings. The summed E-state index contributed by atoms with van der Waals surface area (Å²) in [6, 6.07) is 17.7. The molecule has 2 fully saturated rings. The number of hydrogen-bond acceptors (Lipinski definition) is 4. The van der Waals surface area contributed by atoms with Gasteiger partial charge in [0.05, 0.1) is 0 Å². The summed E-state index contributed by atoms with van der Waals surface area (Å²) in [4.78, 5) is 0. The van der Waals surface area contributed by atoms with Crippen molar-refractivity contribution in [2.45, 2.75) is 12.2 Å². The normalized spacial score (nSPS) is 21.3. The third-order valence-corrected chi connectivity index (χ3v) is 11.0. The van der Waals surface area contributed by atoms with Crippen molar-refractivity contribution in [3.05, 3.63) is 48.5 Å². The van der Waals surface area contributed by atoms with Gasteiger partial charge in [-0.2, -0.15) is 0 Å². The van der Waals surface area contributed by atoms with Gasteiger partial charge in [-0.15, -0.1) is 0 Å². The molecule has 2 N–H and O–H groups in total. The van der Waals surface area contributed by atoms with E-state index in [0.717, 1.165) is 26.3 Å². The summed E-state index contributed by atoms with van der Waals surface area (Å²) in [6.07, 6.45) is 0.845. The van der Waals surface area contributed by atoms with Crippen LogP contribution in [0.5, 0.6) is 0 Å². The van der Waals surface area contributed by atoms with E-state index in [4.69, 9.17) is 9.47 Å². The van der Waals surface area contributed by atoms with Crippen molar-refractivity contribution in [2.24, 2.45) is 0 Å². The van der Waals surface area contributed by atoms with Crippen molar-refractivity contribution in [2.75, 3.05) is 36.9 Å². The predicted octanol–water partition coefficient (Wildman–Crippen LogP) is 0.582. The van der Waals surface area contributed by atoms with Crippen molar-refractivity contribution in [3.63, 3.8) is 0 Å². The number of rotatable bonds is 9. The van der Waals surface area contributed by atoms with Crippen LogP contribution in [0, 0.1) is 0 Å². The zero-order valence-corrected chi connectivity index (χ0v) is 16.7. The monoisotopic (exact) mass is 456 g/mol. The van der Waals surface area contributed by atoms with E-state index in [1.165, 1.54) is 20.3 Å². The average Bonchev–Trinajstić information content (AvgIpc) is 3.53. The van der Waals surface area contributed by atoms with E-state index >= 15 is 0 Å². The molecule has 2 unspecified atom stereocenters. The van der Waals surface area contributed by atoms with Crippen LogP contribution >= 0.6 is 0 Å². The van der Waals surface area contributed by atoms with Gasteiger partial charge in [0.25, 0.3) is 0 Å². The molecule has 0 spiro atoms. The summed E-state index contributed by atoms with van der Waals surface area (Å²) >= 11 is 1.06. The molecule has 2 saturated heterocycles. The summed E-state index contributed by atoms with van der Waals surface area (Å²) in [5, 5.41) is 6.82. The average molecular weight is 454 g/mol. The molecule has 0 bridgehead atoms. The Morgan fingerprint density at radius 1 is 0.708 bits per heavy atom. The number of benzene rings is 2. The Labute approximate surface area is 153 Å². The van der Waals surface area contributed by atoms with Gasteiger partial charge in [0.1, 0.15) is 0 Å². The first-order valence-corrected chi connectivity index (χ1v) is 14.2. The first-order valence-electron chi connectivity index (χ1n) is 8.11. The van der Waals surface area contributed by atoms with E-state index in [-0.39, 0.29) is 0 Å². The van der Waals surface area contributed by atoms with Crippen LogP contribution in [0.3, 0.4) is 0 Å². The van der Waals surface area contributed by atoms with Crippen LogP contribution in [-0.2, 0) is 9.47 Å². The van der Waals surface area contributed by atoms with Gasteiger partial charge in [-0.05, 0) is 0 Å². The summed E-state index contributed by atoms with van der Waals surface area (Å²) in [5.41, 5.74) is 2.38. The van der Waals surface area contributed by atoms with Crippen molar-refractivity contribution in [3.8, 4) is 0 Å². The third-order valence-electron chi connectivity index (χ3n) is 3.82. The molecule has 4 nitrogen and oxygen atoms in total. The molecule has 4 rings (SSSR count). The molecule has 126 valence electrons. The molecule has 2 aliphatic heterocycles. The Morgan fingerprint density at radius 3 is 1.42 bits per heavy atom. The fraction of sp³-hybridized carbons (Fsp3) is 0.333. The number of ether oxygens (including phenoxy) is 2. The minimum atomic E-state index is 0.423. The van der Waals surface area contributed by atoms with E-state index < -0.39 is 0 Å². The maximum atomic E-state index is 5.21. The van der Waals surface area contributed by atoms with Crippen LogP contribution in [0.1, 0.15) is 0 Å². The molecule has 2 heterocycles. The van der Waals surface area contributed by atoms with Crippen molar-refractivity contribution in [1.29, 1.82) is 0 Å². The molecule has 0 aromatic heterocycles. The predicted molar refractivity (Wildman–Crippen MR) is 100 cm³/mol. The van der Waals surface area contributed by atoms with Gasteiger partial charge in [0.15, 0.2) is 0 Å². The Hall–Kier alpha value is -1.00. The van der Waals surface area contributed by atoms with Crippen LogP contribution < -0.4 is 19.6 Å². The molecule has 0 amide bonds. The number of anilines is 2. The van der Waals surface area contributed by atoms with Crippen LogP contribution in [0.4, 0.5) is 11.4 Å². The number of nitrogens with one attached hydrogen (secondary N) is 2. The first kappa shape index (κ1) is 16.5. The Kier molecular flexibility index (Phi) is 5.43. The molecule has 2 aromatic carbocycles. The van der Waals surface area contributed by atoms with Crippen LogP contribution in [-0.4, -0.2) is 64.8 Å². The van der Waals surface area contributed by atoms with Gasteiger partial charge in [0.2, 0.25) is 0 Å². The van der Waals surface area contributed by atoms with Crippen LogP contribution in [0.2, 0.25) is 0 Å². The van der Waals surface area contributed by atoms with Gasteiger partial charge in [-0.3, -0.25) is 0 Å². The SMILES string of the molecule is c1cc([Se][Se]c2ccc(NCC3CO3)cc2)ccc1NCC1CO1. The minimum absolute atomic E-state index is 0.423. The second-order valence-corrected chi connectivity index (χ2v) is 12.2. The van der Waals surface area contributed by atoms with E-state index in [1.807, 2.05) is 0 Å². The zero-order valence-electron chi connectivity index (χ0n) is 13.2. The van der Waals surface area contributed by atoms with Gasteiger partial charge >= 0.3 is 154 Å². The quantitative estimate of drug-likeness (QED) is 0.430. The molecule has 2 aliphatic rings. The number of hydrogen-bond donors (Lipinski definition) is 2. The summed E-state index contributed by atoms with van der Waals surface area (Å²) in [7, 11) is 0. The summed E-state index contributed by atoms with van der Waals surface area (Å²) < 4.78 is 13.3. The molecule has 0 radical (unpaired) electrons. The summed E-state index contributed by atoms with van der Waals surface area (Å²) in [6.45, 7) is 3.64. The zero-order chi connectivity index (χ0) is 16.2. The van der Waals surface area contributed by atoms with E-state index in [2.05, 4.69) is 59.2 Å². The topological polar surface area (TPSA) is 49.1 Å². The Bertz CT molecular complexity index is 596. The van der Waals surface area contributed by atoms with Gasteiger partial charge in [0, 0.05) is 0 Å². The van der Waals surface area contributed by atoms with Gasteiger partial charge in [-0.25, -0.2) is 0 Å². The third kappa shape index (κ3) is 5.25. The van der Waals surface area contributed by atoms with E-state index in [0.29, 0.717) is 38.5 Å². The maximum absolute atomic E-state index is 5.21. The van der Waals surface area contributed by atoms with Crippen LogP contribution in [0.15, 0.2) is 48.5 Å². The first-order chi connectivity index (χ1) is 11.8. The van der Waals surface area contributed by atoms with Crippen molar-refractivity contribution < 1.29 is 9.47 Å². The molecule has 24 heavy (non-hydrogen) atoms. The van der Waals surface area contributed by atoms with Gasteiger partial charge in [-0.1, -0.05) is 0 Å². The molecule has 0 saturated carbocycles.